The van der Waals surface area contributed by atoms with Crippen LogP contribution in [0.5, 0.6) is 0 Å². The Morgan fingerprint density at radius 2 is 2.05 bits per heavy atom. The molecule has 1 fully saturated rings. The Morgan fingerprint density at radius 3 is 2.73 bits per heavy atom. The first kappa shape index (κ1) is 16.8. The maximum Gasteiger partial charge on any atom is 0.410 e. The summed E-state index contributed by atoms with van der Waals surface area (Å²) in [6.07, 6.45) is 1.92. The lowest BCUT2D eigenvalue weighted by atomic mass is 10.1. The molecule has 0 spiro atoms. The van der Waals surface area contributed by atoms with E-state index >= 15 is 0 Å². The van der Waals surface area contributed by atoms with Crippen molar-refractivity contribution in [3.63, 3.8) is 0 Å². The molecular weight excluding hydrogens is 276 g/mol. The molecule has 1 aromatic carbocycles. The number of benzene rings is 1. The van der Waals surface area contributed by atoms with Crippen LogP contribution >= 0.6 is 0 Å². The van der Waals surface area contributed by atoms with Crippen molar-refractivity contribution in [2.75, 3.05) is 26.2 Å². The van der Waals surface area contributed by atoms with Crippen molar-refractivity contribution < 1.29 is 9.53 Å². The first-order valence-corrected chi connectivity index (χ1v) is 8.16. The summed E-state index contributed by atoms with van der Waals surface area (Å²) in [4.78, 5) is 13.8. The van der Waals surface area contributed by atoms with E-state index in [-0.39, 0.29) is 6.09 Å². The number of hydrogen-bond acceptors (Lipinski definition) is 3. The molecule has 1 atom stereocenters. The van der Waals surface area contributed by atoms with Gasteiger partial charge in [0.2, 0.25) is 0 Å². The second-order valence-corrected chi connectivity index (χ2v) is 7.02. The summed E-state index contributed by atoms with van der Waals surface area (Å²) >= 11 is 0. The second kappa shape index (κ2) is 7.63. The summed E-state index contributed by atoms with van der Waals surface area (Å²) in [6.45, 7) is 9.27. The van der Waals surface area contributed by atoms with E-state index in [9.17, 15) is 4.79 Å². The minimum atomic E-state index is -0.414. The van der Waals surface area contributed by atoms with E-state index < -0.39 is 5.60 Å². The molecule has 0 bridgehead atoms. The van der Waals surface area contributed by atoms with Gasteiger partial charge in [0.25, 0.3) is 0 Å². The molecule has 0 aromatic heterocycles. The number of carbonyl (C=O) groups is 1. The largest absolute Gasteiger partial charge is 0.444 e. The third-order valence-corrected chi connectivity index (χ3v) is 3.80. The summed E-state index contributed by atoms with van der Waals surface area (Å²) in [5, 5.41) is 3.50. The standard InChI is InChI=1S/C18H28N2O2/c1-18(2,3)22-17(21)20-12-10-16(14-20)13-19-11-9-15-7-5-4-6-8-15/h4-8,16,19H,9-14H2,1-3H3/t16-/m0/s1. The molecule has 1 aromatic rings. The van der Waals surface area contributed by atoms with Gasteiger partial charge in [0.05, 0.1) is 0 Å². The SMILES string of the molecule is CC(C)(C)OC(=O)N1CC[C@@H](CNCCc2ccccc2)C1. The predicted molar refractivity (Wildman–Crippen MR) is 88.9 cm³/mol. The van der Waals surface area contributed by atoms with Crippen molar-refractivity contribution in [3.05, 3.63) is 35.9 Å². The first-order chi connectivity index (χ1) is 10.4. The van der Waals surface area contributed by atoms with Crippen LogP contribution in [-0.4, -0.2) is 42.8 Å². The maximum atomic E-state index is 12.0. The first-order valence-electron chi connectivity index (χ1n) is 8.16. The van der Waals surface area contributed by atoms with E-state index in [1.165, 1.54) is 5.56 Å². The Labute approximate surface area is 133 Å². The second-order valence-electron chi connectivity index (χ2n) is 7.02. The third-order valence-electron chi connectivity index (χ3n) is 3.80. The molecule has 22 heavy (non-hydrogen) atoms. The van der Waals surface area contributed by atoms with Gasteiger partial charge in [0, 0.05) is 13.1 Å². The fourth-order valence-corrected chi connectivity index (χ4v) is 2.68. The van der Waals surface area contributed by atoms with Crippen LogP contribution in [0, 0.1) is 5.92 Å². The van der Waals surface area contributed by atoms with E-state index in [0.717, 1.165) is 39.0 Å². The summed E-state index contributed by atoms with van der Waals surface area (Å²) < 4.78 is 5.42. The summed E-state index contributed by atoms with van der Waals surface area (Å²) in [5.41, 5.74) is 0.945. The normalized spacial score (nSPS) is 18.5. The molecule has 1 aliphatic rings. The molecule has 1 aliphatic heterocycles. The van der Waals surface area contributed by atoms with Crippen LogP contribution in [0.4, 0.5) is 4.79 Å². The Balaban J connectivity index is 1.63. The lowest BCUT2D eigenvalue weighted by Crippen LogP contribution is -2.36. The van der Waals surface area contributed by atoms with Crippen molar-refractivity contribution in [3.8, 4) is 0 Å². The quantitative estimate of drug-likeness (QED) is 0.850. The highest BCUT2D eigenvalue weighted by Gasteiger charge is 2.29. The molecule has 4 heteroatoms. The summed E-state index contributed by atoms with van der Waals surface area (Å²) in [7, 11) is 0. The van der Waals surface area contributed by atoms with Crippen molar-refractivity contribution in [2.45, 2.75) is 39.2 Å². The van der Waals surface area contributed by atoms with Crippen LogP contribution < -0.4 is 5.32 Å². The number of rotatable bonds is 5. The number of nitrogens with one attached hydrogen (secondary N) is 1. The van der Waals surface area contributed by atoms with Gasteiger partial charge in [0.15, 0.2) is 0 Å². The predicted octanol–water partition coefficient (Wildman–Crippen LogP) is 3.08. The monoisotopic (exact) mass is 304 g/mol. The molecule has 1 amide bonds. The highest BCUT2D eigenvalue weighted by atomic mass is 16.6. The lowest BCUT2D eigenvalue weighted by molar-refractivity contribution is 0.0288. The van der Waals surface area contributed by atoms with Gasteiger partial charge in [0.1, 0.15) is 5.60 Å². The van der Waals surface area contributed by atoms with Crippen molar-refractivity contribution >= 4 is 6.09 Å². The highest BCUT2D eigenvalue weighted by molar-refractivity contribution is 5.68. The average molecular weight is 304 g/mol. The topological polar surface area (TPSA) is 41.6 Å². The molecule has 1 saturated heterocycles. The van der Waals surface area contributed by atoms with Gasteiger partial charge in [-0.2, -0.15) is 0 Å². The molecule has 4 nitrogen and oxygen atoms in total. The number of amides is 1. The third kappa shape index (κ3) is 5.68. The maximum absolute atomic E-state index is 12.0. The number of likely N-dealkylation sites (tertiary alicyclic amines) is 1. The van der Waals surface area contributed by atoms with Gasteiger partial charge in [-0.1, -0.05) is 30.3 Å². The van der Waals surface area contributed by atoms with Gasteiger partial charge in [-0.3, -0.25) is 0 Å². The zero-order valence-electron chi connectivity index (χ0n) is 14.0. The molecule has 2 rings (SSSR count). The van der Waals surface area contributed by atoms with Crippen LogP contribution in [0.2, 0.25) is 0 Å². The van der Waals surface area contributed by atoms with Gasteiger partial charge >= 0.3 is 6.09 Å². The average Bonchev–Trinajstić information content (AvgIpc) is 2.92. The smallest absolute Gasteiger partial charge is 0.410 e. The Kier molecular flexibility index (Phi) is 5.83. The number of nitrogens with zero attached hydrogens (tertiary/aromatic N) is 1. The Bertz CT molecular complexity index is 468. The fraction of sp³-hybridized carbons (Fsp3) is 0.611. The van der Waals surface area contributed by atoms with Crippen molar-refractivity contribution in [2.24, 2.45) is 5.92 Å². The molecule has 0 aliphatic carbocycles. The molecule has 0 unspecified atom stereocenters. The minimum Gasteiger partial charge on any atom is -0.444 e. The van der Waals surface area contributed by atoms with Gasteiger partial charge in [-0.15, -0.1) is 0 Å². The van der Waals surface area contributed by atoms with E-state index in [2.05, 4.69) is 29.6 Å². The van der Waals surface area contributed by atoms with Crippen molar-refractivity contribution in [1.82, 2.24) is 10.2 Å². The number of ether oxygens (including phenoxy) is 1. The zero-order chi connectivity index (χ0) is 16.0. The van der Waals surface area contributed by atoms with E-state index in [1.54, 1.807) is 0 Å². The summed E-state index contributed by atoms with van der Waals surface area (Å²) in [5.74, 6) is 0.531. The Hall–Kier alpha value is -1.55. The van der Waals surface area contributed by atoms with Gasteiger partial charge in [-0.25, -0.2) is 4.79 Å². The zero-order valence-corrected chi connectivity index (χ0v) is 14.0. The molecule has 122 valence electrons. The molecule has 0 saturated carbocycles. The summed E-state index contributed by atoms with van der Waals surface area (Å²) in [6, 6.07) is 10.5. The van der Waals surface area contributed by atoms with Crippen LogP contribution in [0.3, 0.4) is 0 Å². The van der Waals surface area contributed by atoms with E-state index in [1.807, 2.05) is 31.7 Å². The minimum absolute atomic E-state index is 0.181. The van der Waals surface area contributed by atoms with E-state index in [0.29, 0.717) is 5.92 Å². The van der Waals surface area contributed by atoms with Crippen molar-refractivity contribution in [1.29, 1.82) is 0 Å². The van der Waals surface area contributed by atoms with E-state index in [4.69, 9.17) is 4.74 Å². The van der Waals surface area contributed by atoms with Gasteiger partial charge in [-0.05, 0) is 58.2 Å². The number of carbonyl (C=O) groups excluding carboxylic acids is 1. The highest BCUT2D eigenvalue weighted by Crippen LogP contribution is 2.18. The molecule has 0 radical (unpaired) electrons. The Morgan fingerprint density at radius 1 is 1.32 bits per heavy atom. The number of hydrogen-bond donors (Lipinski definition) is 1. The van der Waals surface area contributed by atoms with Crippen LogP contribution in [-0.2, 0) is 11.2 Å². The molecule has 1 N–H and O–H groups in total. The lowest BCUT2D eigenvalue weighted by Gasteiger charge is -2.24. The van der Waals surface area contributed by atoms with Crippen LogP contribution in [0.25, 0.3) is 0 Å². The molecular formula is C18H28N2O2. The van der Waals surface area contributed by atoms with Crippen LogP contribution in [0.1, 0.15) is 32.8 Å². The van der Waals surface area contributed by atoms with Crippen LogP contribution in [0.15, 0.2) is 30.3 Å². The fourth-order valence-electron chi connectivity index (χ4n) is 2.68. The van der Waals surface area contributed by atoms with Gasteiger partial charge < -0.3 is 15.0 Å². The molecule has 1 heterocycles.